The standard InChI is InChI=1S/C9H16F3NO3S/c1-7-2-4-8(6-14,5-3-7)13-17(15,16)9(10,11)12/h7,13-14H,2-6H2,1H3. The first-order valence-electron chi connectivity index (χ1n) is 5.33. The lowest BCUT2D eigenvalue weighted by molar-refractivity contribution is -0.0466. The Balaban J connectivity index is 2.84. The van der Waals surface area contributed by atoms with Gasteiger partial charge < -0.3 is 5.11 Å². The summed E-state index contributed by atoms with van der Waals surface area (Å²) >= 11 is 0. The third kappa shape index (κ3) is 3.32. The van der Waals surface area contributed by atoms with Crippen LogP contribution in [0.2, 0.25) is 0 Å². The molecule has 0 spiro atoms. The highest BCUT2D eigenvalue weighted by molar-refractivity contribution is 7.90. The van der Waals surface area contributed by atoms with Crippen LogP contribution in [0.1, 0.15) is 32.6 Å². The van der Waals surface area contributed by atoms with E-state index >= 15 is 0 Å². The van der Waals surface area contributed by atoms with Crippen molar-refractivity contribution in [3.63, 3.8) is 0 Å². The van der Waals surface area contributed by atoms with Crippen LogP contribution in [0.5, 0.6) is 0 Å². The fraction of sp³-hybridized carbons (Fsp3) is 1.00. The quantitative estimate of drug-likeness (QED) is 0.817. The number of nitrogens with one attached hydrogen (secondary N) is 1. The summed E-state index contributed by atoms with van der Waals surface area (Å²) in [6.07, 6.45) is 1.64. The average Bonchev–Trinajstić information content (AvgIpc) is 2.20. The maximum absolute atomic E-state index is 12.2. The van der Waals surface area contributed by atoms with E-state index in [0.717, 1.165) is 0 Å². The van der Waals surface area contributed by atoms with Crippen LogP contribution < -0.4 is 4.72 Å². The van der Waals surface area contributed by atoms with E-state index in [9.17, 15) is 21.6 Å². The van der Waals surface area contributed by atoms with Gasteiger partial charge in [0.1, 0.15) is 0 Å². The van der Waals surface area contributed by atoms with Gasteiger partial charge in [-0.3, -0.25) is 0 Å². The minimum absolute atomic E-state index is 0.222. The van der Waals surface area contributed by atoms with Crippen LogP contribution in [0.4, 0.5) is 13.2 Å². The summed E-state index contributed by atoms with van der Waals surface area (Å²) in [5, 5.41) is 9.16. The van der Waals surface area contributed by atoms with Gasteiger partial charge in [-0.1, -0.05) is 6.92 Å². The number of aliphatic hydroxyl groups is 1. The monoisotopic (exact) mass is 275 g/mol. The Labute approximate surface area is 98.3 Å². The molecule has 0 heterocycles. The molecular weight excluding hydrogens is 259 g/mol. The Morgan fingerprint density at radius 2 is 1.82 bits per heavy atom. The molecule has 0 unspecified atom stereocenters. The number of rotatable bonds is 3. The zero-order valence-electron chi connectivity index (χ0n) is 9.42. The molecule has 1 saturated carbocycles. The molecule has 0 amide bonds. The van der Waals surface area contributed by atoms with Gasteiger partial charge in [0.25, 0.3) is 0 Å². The zero-order chi connectivity index (χ0) is 13.3. The number of sulfonamides is 1. The first-order valence-corrected chi connectivity index (χ1v) is 6.81. The Morgan fingerprint density at radius 1 is 1.35 bits per heavy atom. The van der Waals surface area contributed by atoms with Crippen LogP contribution in [0.25, 0.3) is 0 Å². The molecule has 0 radical (unpaired) electrons. The molecule has 1 rings (SSSR count). The average molecular weight is 275 g/mol. The van der Waals surface area contributed by atoms with Crippen molar-refractivity contribution in [2.45, 2.75) is 43.7 Å². The van der Waals surface area contributed by atoms with Crippen LogP contribution in [0.3, 0.4) is 0 Å². The molecule has 0 aliphatic heterocycles. The molecule has 17 heavy (non-hydrogen) atoms. The summed E-state index contributed by atoms with van der Waals surface area (Å²) in [7, 11) is -5.40. The number of aliphatic hydroxyl groups excluding tert-OH is 1. The largest absolute Gasteiger partial charge is 0.511 e. The highest BCUT2D eigenvalue weighted by Crippen LogP contribution is 2.34. The highest BCUT2D eigenvalue weighted by atomic mass is 32.2. The van der Waals surface area contributed by atoms with Gasteiger partial charge in [0.05, 0.1) is 12.1 Å². The van der Waals surface area contributed by atoms with Gasteiger partial charge in [-0.05, 0) is 31.6 Å². The maximum atomic E-state index is 12.2. The Kier molecular flexibility index (Phi) is 4.10. The molecule has 0 atom stereocenters. The van der Waals surface area contributed by atoms with E-state index in [1.54, 1.807) is 4.72 Å². The predicted octanol–water partition coefficient (Wildman–Crippen LogP) is 1.37. The number of hydrogen-bond donors (Lipinski definition) is 2. The number of hydrogen-bond acceptors (Lipinski definition) is 3. The van der Waals surface area contributed by atoms with Crippen molar-refractivity contribution in [3.8, 4) is 0 Å². The SMILES string of the molecule is CC1CCC(CO)(NS(=O)(=O)C(F)(F)F)CC1. The predicted molar refractivity (Wildman–Crippen MR) is 55.6 cm³/mol. The minimum atomic E-state index is -5.40. The lowest BCUT2D eigenvalue weighted by Gasteiger charge is -2.38. The summed E-state index contributed by atoms with van der Waals surface area (Å²) in [6, 6.07) is 0. The molecular formula is C9H16F3NO3S. The molecule has 0 saturated heterocycles. The first kappa shape index (κ1) is 14.7. The number of halogens is 3. The van der Waals surface area contributed by atoms with Gasteiger partial charge >= 0.3 is 15.5 Å². The number of alkyl halides is 3. The van der Waals surface area contributed by atoms with Crippen LogP contribution in [-0.2, 0) is 10.0 Å². The lowest BCUT2D eigenvalue weighted by Crippen LogP contribution is -2.56. The van der Waals surface area contributed by atoms with Crippen molar-refractivity contribution in [2.75, 3.05) is 6.61 Å². The van der Waals surface area contributed by atoms with Gasteiger partial charge in [-0.15, -0.1) is 0 Å². The molecule has 2 N–H and O–H groups in total. The van der Waals surface area contributed by atoms with Crippen LogP contribution in [0, 0.1) is 5.92 Å². The van der Waals surface area contributed by atoms with Gasteiger partial charge in [-0.25, -0.2) is 8.42 Å². The minimum Gasteiger partial charge on any atom is -0.394 e. The summed E-state index contributed by atoms with van der Waals surface area (Å²) in [5.41, 5.74) is -6.70. The van der Waals surface area contributed by atoms with Crippen molar-refractivity contribution in [3.05, 3.63) is 0 Å². The first-order chi connectivity index (χ1) is 7.62. The van der Waals surface area contributed by atoms with Crippen molar-refractivity contribution < 1.29 is 26.7 Å². The topological polar surface area (TPSA) is 66.4 Å². The van der Waals surface area contributed by atoms with Crippen molar-refractivity contribution in [1.29, 1.82) is 0 Å². The van der Waals surface area contributed by atoms with E-state index in [-0.39, 0.29) is 12.8 Å². The van der Waals surface area contributed by atoms with E-state index in [1.807, 2.05) is 6.92 Å². The third-order valence-corrected chi connectivity index (χ3v) is 4.50. The Bertz CT molecular complexity index is 358. The summed E-state index contributed by atoms with van der Waals surface area (Å²) in [5.74, 6) is 0.338. The molecule has 8 heteroatoms. The molecule has 0 aromatic carbocycles. The lowest BCUT2D eigenvalue weighted by atomic mass is 9.78. The van der Waals surface area contributed by atoms with E-state index < -0.39 is 27.7 Å². The van der Waals surface area contributed by atoms with Gasteiger partial charge in [0, 0.05) is 0 Å². The molecule has 0 aromatic rings. The van der Waals surface area contributed by atoms with Crippen molar-refractivity contribution in [2.24, 2.45) is 5.92 Å². The molecule has 1 fully saturated rings. The van der Waals surface area contributed by atoms with Gasteiger partial charge in [-0.2, -0.15) is 17.9 Å². The zero-order valence-corrected chi connectivity index (χ0v) is 10.2. The van der Waals surface area contributed by atoms with Gasteiger partial charge in [0.2, 0.25) is 0 Å². The second-order valence-corrected chi connectivity index (χ2v) is 6.35. The molecule has 4 nitrogen and oxygen atoms in total. The highest BCUT2D eigenvalue weighted by Gasteiger charge is 2.50. The van der Waals surface area contributed by atoms with Crippen molar-refractivity contribution >= 4 is 10.0 Å². The summed E-state index contributed by atoms with van der Waals surface area (Å²) in [6.45, 7) is 1.33. The molecule has 1 aliphatic carbocycles. The fourth-order valence-corrected chi connectivity index (χ4v) is 2.90. The van der Waals surface area contributed by atoms with E-state index in [1.165, 1.54) is 0 Å². The smallest absolute Gasteiger partial charge is 0.394 e. The molecule has 0 aromatic heterocycles. The molecule has 0 bridgehead atoms. The second-order valence-electron chi connectivity index (χ2n) is 4.67. The summed E-state index contributed by atoms with van der Waals surface area (Å²) in [4.78, 5) is 0. The normalized spacial score (nSPS) is 31.5. The van der Waals surface area contributed by atoms with Gasteiger partial charge in [0.15, 0.2) is 0 Å². The van der Waals surface area contributed by atoms with Crippen LogP contribution in [0.15, 0.2) is 0 Å². The van der Waals surface area contributed by atoms with Crippen molar-refractivity contribution in [1.82, 2.24) is 4.72 Å². The van der Waals surface area contributed by atoms with E-state index in [4.69, 9.17) is 5.11 Å². The fourth-order valence-electron chi connectivity index (χ4n) is 1.95. The Hall–Kier alpha value is -0.340. The molecule has 1 aliphatic rings. The van der Waals surface area contributed by atoms with Crippen LogP contribution >= 0.6 is 0 Å². The second kappa shape index (κ2) is 4.74. The third-order valence-electron chi connectivity index (χ3n) is 3.19. The Morgan fingerprint density at radius 3 is 2.18 bits per heavy atom. The van der Waals surface area contributed by atoms with Crippen LogP contribution in [-0.4, -0.2) is 31.2 Å². The summed E-state index contributed by atoms with van der Waals surface area (Å²) < 4.78 is 60.4. The van der Waals surface area contributed by atoms with E-state index in [2.05, 4.69) is 0 Å². The molecule has 102 valence electrons. The van der Waals surface area contributed by atoms with E-state index in [0.29, 0.717) is 18.8 Å². The maximum Gasteiger partial charge on any atom is 0.511 e.